The highest BCUT2D eigenvalue weighted by atomic mass is 14.7. The molecular weight excluding hydrogens is 122 g/mol. The van der Waals surface area contributed by atoms with Crippen LogP contribution < -0.4 is 0 Å². The number of pyridine rings is 1. The van der Waals surface area contributed by atoms with E-state index in [0.29, 0.717) is 0 Å². The molecule has 1 nitrogen and oxygen atoms in total. The molecule has 0 amide bonds. The molecule has 1 aromatic rings. The lowest BCUT2D eigenvalue weighted by Gasteiger charge is -1.95. The first-order valence-electron chi connectivity index (χ1n) is 3.40. The van der Waals surface area contributed by atoms with Gasteiger partial charge in [0.25, 0.3) is 0 Å². The maximum atomic E-state index is 4.24. The molecule has 0 spiro atoms. The lowest BCUT2D eigenvalue weighted by atomic mass is 10.2. The Kier molecular flexibility index (Phi) is 1.10. The number of rotatable bonds is 0. The van der Waals surface area contributed by atoms with Crippen molar-refractivity contribution in [1.82, 2.24) is 4.98 Å². The van der Waals surface area contributed by atoms with Gasteiger partial charge < -0.3 is 0 Å². The molecule has 10 heavy (non-hydrogen) atoms. The first-order valence-corrected chi connectivity index (χ1v) is 3.40. The summed E-state index contributed by atoms with van der Waals surface area (Å²) in [5.74, 6) is 0. The minimum Gasteiger partial charge on any atom is -0.256 e. The fourth-order valence-corrected chi connectivity index (χ4v) is 1.24. The average molecular weight is 130 g/mol. The van der Waals surface area contributed by atoms with E-state index in [0.717, 1.165) is 12.1 Å². The molecule has 0 fully saturated rings. The number of hydrogen-bond acceptors (Lipinski definition) is 1. The summed E-state index contributed by atoms with van der Waals surface area (Å²) >= 11 is 0. The molecule has 0 aliphatic heterocycles. The number of fused-ring (bicyclic) bond motifs is 1. The van der Waals surface area contributed by atoms with E-state index in [1.54, 1.807) is 6.20 Å². The van der Waals surface area contributed by atoms with Crippen molar-refractivity contribution < 1.29 is 0 Å². The van der Waals surface area contributed by atoms with Crippen LogP contribution in [0.4, 0.5) is 0 Å². The molecule has 0 atom stereocenters. The fourth-order valence-electron chi connectivity index (χ4n) is 1.24. The van der Waals surface area contributed by atoms with E-state index in [2.05, 4.69) is 24.1 Å². The fraction of sp³-hybridized carbons (Fsp3) is 0.222. The third-order valence-corrected chi connectivity index (χ3v) is 1.81. The van der Waals surface area contributed by atoms with Crippen molar-refractivity contribution in [2.24, 2.45) is 0 Å². The normalized spacial score (nSPS) is 14.7. The monoisotopic (exact) mass is 130 g/mol. The van der Waals surface area contributed by atoms with Crippen LogP contribution in [-0.4, -0.2) is 4.98 Å². The maximum absolute atomic E-state index is 4.24. The van der Waals surface area contributed by atoms with Crippen LogP contribution >= 0.6 is 0 Å². The predicted octanol–water partition coefficient (Wildman–Crippen LogP) is 1.84. The molecule has 0 N–H and O–H groups in total. The molecule has 2 rings (SSSR count). The van der Waals surface area contributed by atoms with Gasteiger partial charge in [-0.15, -0.1) is 0 Å². The molecule has 1 heterocycles. The van der Waals surface area contributed by atoms with Gasteiger partial charge in [0, 0.05) is 6.20 Å². The Balaban J connectivity index is 2.61. The van der Waals surface area contributed by atoms with Gasteiger partial charge in [0.15, 0.2) is 0 Å². The molecule has 1 radical (unpaired) electrons. The van der Waals surface area contributed by atoms with Crippen LogP contribution in [0.15, 0.2) is 18.3 Å². The first-order chi connectivity index (χ1) is 4.88. The van der Waals surface area contributed by atoms with E-state index in [4.69, 9.17) is 0 Å². The van der Waals surface area contributed by atoms with Gasteiger partial charge in [-0.3, -0.25) is 4.98 Å². The molecule has 1 aromatic heterocycles. The van der Waals surface area contributed by atoms with Gasteiger partial charge >= 0.3 is 0 Å². The van der Waals surface area contributed by atoms with E-state index in [9.17, 15) is 0 Å². The molecular formula is C9H8N. The van der Waals surface area contributed by atoms with Crippen LogP contribution in [0, 0.1) is 6.07 Å². The smallest absolute Gasteiger partial charge is 0.0697 e. The summed E-state index contributed by atoms with van der Waals surface area (Å²) in [4.78, 5) is 4.24. The Morgan fingerprint density at radius 2 is 2.50 bits per heavy atom. The molecule has 1 heteroatoms. The van der Waals surface area contributed by atoms with E-state index in [1.807, 2.05) is 6.07 Å². The highest BCUT2D eigenvalue weighted by Crippen LogP contribution is 2.22. The van der Waals surface area contributed by atoms with Gasteiger partial charge in [0.2, 0.25) is 0 Å². The van der Waals surface area contributed by atoms with Crippen LogP contribution in [0.5, 0.6) is 0 Å². The van der Waals surface area contributed by atoms with Crippen molar-refractivity contribution in [2.75, 3.05) is 0 Å². The van der Waals surface area contributed by atoms with Crippen molar-refractivity contribution >= 4 is 5.57 Å². The molecule has 0 aromatic carbocycles. The Labute approximate surface area is 60.4 Å². The average Bonchev–Trinajstić information content (AvgIpc) is 2.34. The second kappa shape index (κ2) is 1.94. The highest BCUT2D eigenvalue weighted by molar-refractivity contribution is 5.67. The Morgan fingerprint density at radius 3 is 3.30 bits per heavy atom. The number of aromatic nitrogens is 1. The topological polar surface area (TPSA) is 12.9 Å². The van der Waals surface area contributed by atoms with E-state index in [1.165, 1.54) is 11.1 Å². The van der Waals surface area contributed by atoms with Gasteiger partial charge in [0.1, 0.15) is 0 Å². The van der Waals surface area contributed by atoms with Gasteiger partial charge in [-0.1, -0.05) is 6.08 Å². The zero-order chi connectivity index (χ0) is 6.97. The molecule has 0 saturated carbocycles. The van der Waals surface area contributed by atoms with Crippen molar-refractivity contribution in [3.8, 4) is 0 Å². The molecule has 1 aliphatic carbocycles. The van der Waals surface area contributed by atoms with Crippen LogP contribution in [-0.2, 0) is 6.42 Å². The Hall–Kier alpha value is -1.11. The number of allylic oxidation sites excluding steroid dienone is 2. The summed E-state index contributed by atoms with van der Waals surface area (Å²) in [6, 6.07) is 5.03. The second-order valence-electron chi connectivity index (χ2n) is 2.51. The zero-order valence-corrected chi connectivity index (χ0v) is 5.89. The summed E-state index contributed by atoms with van der Waals surface area (Å²) < 4.78 is 0. The summed E-state index contributed by atoms with van der Waals surface area (Å²) in [6.07, 6.45) is 4.99. The standard InChI is InChI=1S/C9H8N/c1-7-4-5-8-3-2-6-10-9(7)8/h2,4,6H,5H2,1H3. The largest absolute Gasteiger partial charge is 0.256 e. The molecule has 0 saturated heterocycles. The molecule has 0 bridgehead atoms. The third kappa shape index (κ3) is 0.670. The van der Waals surface area contributed by atoms with Crippen molar-refractivity contribution in [2.45, 2.75) is 13.3 Å². The van der Waals surface area contributed by atoms with E-state index < -0.39 is 0 Å². The summed E-state index contributed by atoms with van der Waals surface area (Å²) in [5, 5.41) is 0. The van der Waals surface area contributed by atoms with Gasteiger partial charge in [-0.2, -0.15) is 0 Å². The van der Waals surface area contributed by atoms with E-state index >= 15 is 0 Å². The lowest BCUT2D eigenvalue weighted by Crippen LogP contribution is -1.85. The molecule has 49 valence electrons. The quantitative estimate of drug-likeness (QED) is 0.522. The minimum absolute atomic E-state index is 1.01. The number of hydrogen-bond donors (Lipinski definition) is 0. The highest BCUT2D eigenvalue weighted by Gasteiger charge is 2.09. The third-order valence-electron chi connectivity index (χ3n) is 1.81. The molecule has 0 unspecified atom stereocenters. The van der Waals surface area contributed by atoms with Crippen molar-refractivity contribution in [1.29, 1.82) is 0 Å². The van der Waals surface area contributed by atoms with E-state index in [-0.39, 0.29) is 0 Å². The predicted molar refractivity (Wildman–Crippen MR) is 40.4 cm³/mol. The minimum atomic E-state index is 1.01. The SMILES string of the molecule is CC1=CCc2[c]ccnc21. The van der Waals surface area contributed by atoms with Gasteiger partial charge in [0.05, 0.1) is 5.69 Å². The van der Waals surface area contributed by atoms with Crippen LogP contribution in [0.3, 0.4) is 0 Å². The molecule has 1 aliphatic rings. The van der Waals surface area contributed by atoms with Crippen LogP contribution in [0.25, 0.3) is 5.57 Å². The second-order valence-corrected chi connectivity index (χ2v) is 2.51. The summed E-state index contributed by atoms with van der Waals surface area (Å²) in [5.41, 5.74) is 3.65. The summed E-state index contributed by atoms with van der Waals surface area (Å²) in [7, 11) is 0. The zero-order valence-electron chi connectivity index (χ0n) is 5.89. The van der Waals surface area contributed by atoms with Crippen molar-refractivity contribution in [3.63, 3.8) is 0 Å². The summed E-state index contributed by atoms with van der Waals surface area (Å²) in [6.45, 7) is 2.09. The first kappa shape index (κ1) is 5.66. The number of nitrogens with zero attached hydrogens (tertiary/aromatic N) is 1. The lowest BCUT2D eigenvalue weighted by molar-refractivity contribution is 1.20. The Bertz CT molecular complexity index is 287. The van der Waals surface area contributed by atoms with Gasteiger partial charge in [-0.25, -0.2) is 0 Å². The van der Waals surface area contributed by atoms with Gasteiger partial charge in [-0.05, 0) is 36.6 Å². The Morgan fingerprint density at radius 1 is 1.60 bits per heavy atom. The maximum Gasteiger partial charge on any atom is 0.0697 e. The van der Waals surface area contributed by atoms with Crippen LogP contribution in [0.1, 0.15) is 18.2 Å². The van der Waals surface area contributed by atoms with Crippen LogP contribution in [0.2, 0.25) is 0 Å². The van der Waals surface area contributed by atoms with Crippen molar-refractivity contribution in [3.05, 3.63) is 35.7 Å².